The molecule has 0 saturated carbocycles. The van der Waals surface area contributed by atoms with E-state index in [1.54, 1.807) is 18.2 Å². The highest BCUT2D eigenvalue weighted by Crippen LogP contribution is 2.32. The van der Waals surface area contributed by atoms with Crippen LogP contribution in [0.5, 0.6) is 11.5 Å². The number of unbranched alkanes of at least 4 members (excludes halogenated alkanes) is 3. The predicted octanol–water partition coefficient (Wildman–Crippen LogP) is 2.18. The van der Waals surface area contributed by atoms with Crippen molar-refractivity contribution in [1.29, 1.82) is 0 Å². The number of aliphatic carboxylic acids is 1. The standard InChI is InChI=1S/C15H19NO5/c17-14(18)5-3-1-2-4-8-16-15(19)11-6-7-12-13(9-11)21-10-20-12/h6-7,9H,1-5,8,10H2,(H,16,19)(H,17,18). The number of nitrogens with one attached hydrogen (secondary N) is 1. The number of amides is 1. The van der Waals surface area contributed by atoms with Crippen LogP contribution in [0.25, 0.3) is 0 Å². The van der Waals surface area contributed by atoms with Gasteiger partial charge in [0.1, 0.15) is 0 Å². The number of fused-ring (bicyclic) bond motifs is 1. The highest BCUT2D eigenvalue weighted by atomic mass is 16.7. The third-order valence-electron chi connectivity index (χ3n) is 3.24. The van der Waals surface area contributed by atoms with Crippen LogP contribution in [0.15, 0.2) is 18.2 Å². The SMILES string of the molecule is O=C(O)CCCCCCNC(=O)c1ccc2c(c1)OCO2. The summed E-state index contributed by atoms with van der Waals surface area (Å²) in [4.78, 5) is 22.3. The largest absolute Gasteiger partial charge is 0.481 e. The Hall–Kier alpha value is -2.24. The number of carbonyl (C=O) groups excluding carboxylic acids is 1. The van der Waals surface area contributed by atoms with E-state index in [0.29, 0.717) is 30.0 Å². The van der Waals surface area contributed by atoms with Crippen molar-refractivity contribution in [3.63, 3.8) is 0 Å². The van der Waals surface area contributed by atoms with Crippen LogP contribution in [0, 0.1) is 0 Å². The fourth-order valence-corrected chi connectivity index (χ4v) is 2.10. The summed E-state index contributed by atoms with van der Waals surface area (Å²) in [5, 5.41) is 11.3. The van der Waals surface area contributed by atoms with Crippen molar-refractivity contribution < 1.29 is 24.2 Å². The van der Waals surface area contributed by atoms with Crippen molar-refractivity contribution in [1.82, 2.24) is 5.32 Å². The number of ether oxygens (including phenoxy) is 2. The van der Waals surface area contributed by atoms with Gasteiger partial charge < -0.3 is 19.9 Å². The quantitative estimate of drug-likeness (QED) is 0.718. The third-order valence-corrected chi connectivity index (χ3v) is 3.24. The molecule has 1 aromatic carbocycles. The molecule has 1 aliphatic heterocycles. The van der Waals surface area contributed by atoms with Gasteiger partial charge in [0.2, 0.25) is 6.79 Å². The molecule has 6 nitrogen and oxygen atoms in total. The van der Waals surface area contributed by atoms with Gasteiger partial charge in [-0.1, -0.05) is 12.8 Å². The fourth-order valence-electron chi connectivity index (χ4n) is 2.10. The number of benzene rings is 1. The molecule has 0 radical (unpaired) electrons. The van der Waals surface area contributed by atoms with Crippen molar-refractivity contribution >= 4 is 11.9 Å². The summed E-state index contributed by atoms with van der Waals surface area (Å²) in [5.74, 6) is 0.353. The molecule has 1 heterocycles. The van der Waals surface area contributed by atoms with Gasteiger partial charge in [-0.2, -0.15) is 0 Å². The van der Waals surface area contributed by atoms with Gasteiger partial charge in [0, 0.05) is 18.5 Å². The second kappa shape index (κ2) is 7.52. The van der Waals surface area contributed by atoms with Gasteiger partial charge in [0.15, 0.2) is 11.5 Å². The minimum absolute atomic E-state index is 0.140. The summed E-state index contributed by atoms with van der Waals surface area (Å²) >= 11 is 0. The molecule has 1 aromatic rings. The van der Waals surface area contributed by atoms with Gasteiger partial charge in [-0.3, -0.25) is 9.59 Å². The van der Waals surface area contributed by atoms with E-state index in [2.05, 4.69) is 5.32 Å². The lowest BCUT2D eigenvalue weighted by Gasteiger charge is -2.06. The lowest BCUT2D eigenvalue weighted by atomic mass is 10.1. The molecule has 114 valence electrons. The molecule has 0 aliphatic carbocycles. The Bertz CT molecular complexity index is 515. The van der Waals surface area contributed by atoms with E-state index in [9.17, 15) is 9.59 Å². The Kier molecular flexibility index (Phi) is 5.43. The first-order valence-electron chi connectivity index (χ1n) is 7.06. The smallest absolute Gasteiger partial charge is 0.303 e. The van der Waals surface area contributed by atoms with Crippen LogP contribution >= 0.6 is 0 Å². The molecular formula is C15H19NO5. The van der Waals surface area contributed by atoms with Crippen LogP contribution in [0.3, 0.4) is 0 Å². The van der Waals surface area contributed by atoms with Gasteiger partial charge >= 0.3 is 5.97 Å². The van der Waals surface area contributed by atoms with Gasteiger partial charge in [0.05, 0.1) is 0 Å². The topological polar surface area (TPSA) is 84.9 Å². The number of hydrogen-bond donors (Lipinski definition) is 2. The monoisotopic (exact) mass is 293 g/mol. The minimum atomic E-state index is -0.758. The van der Waals surface area contributed by atoms with E-state index in [0.717, 1.165) is 19.3 Å². The lowest BCUT2D eigenvalue weighted by Crippen LogP contribution is -2.24. The molecule has 0 saturated heterocycles. The maximum atomic E-state index is 11.9. The van der Waals surface area contributed by atoms with Gasteiger partial charge in [-0.25, -0.2) is 0 Å². The molecule has 1 aliphatic rings. The predicted molar refractivity (Wildman–Crippen MR) is 75.6 cm³/mol. The van der Waals surface area contributed by atoms with Crippen molar-refractivity contribution in [3.8, 4) is 11.5 Å². The van der Waals surface area contributed by atoms with Gasteiger partial charge in [-0.05, 0) is 31.0 Å². The average Bonchev–Trinajstić information content (AvgIpc) is 2.93. The van der Waals surface area contributed by atoms with Gasteiger partial charge in [0.25, 0.3) is 5.91 Å². The second-order valence-electron chi connectivity index (χ2n) is 4.88. The van der Waals surface area contributed by atoms with E-state index >= 15 is 0 Å². The summed E-state index contributed by atoms with van der Waals surface area (Å²) in [5.41, 5.74) is 0.546. The summed E-state index contributed by atoms with van der Waals surface area (Å²) in [6.45, 7) is 0.775. The zero-order valence-electron chi connectivity index (χ0n) is 11.8. The summed E-state index contributed by atoms with van der Waals surface area (Å²) in [6.07, 6.45) is 3.52. The molecule has 0 aromatic heterocycles. The first-order chi connectivity index (χ1) is 10.2. The molecular weight excluding hydrogens is 274 g/mol. The summed E-state index contributed by atoms with van der Waals surface area (Å²) in [7, 11) is 0. The molecule has 0 atom stereocenters. The second-order valence-corrected chi connectivity index (χ2v) is 4.88. The van der Waals surface area contributed by atoms with E-state index in [-0.39, 0.29) is 19.1 Å². The van der Waals surface area contributed by atoms with Gasteiger partial charge in [-0.15, -0.1) is 0 Å². The molecule has 0 spiro atoms. The van der Waals surface area contributed by atoms with Crippen LogP contribution in [0.1, 0.15) is 42.5 Å². The molecule has 0 bridgehead atoms. The Morgan fingerprint density at radius 1 is 1.10 bits per heavy atom. The lowest BCUT2D eigenvalue weighted by molar-refractivity contribution is -0.137. The Morgan fingerprint density at radius 2 is 1.86 bits per heavy atom. The van der Waals surface area contributed by atoms with Crippen molar-refractivity contribution in [3.05, 3.63) is 23.8 Å². The number of carboxylic acid groups (broad SMARTS) is 1. The molecule has 21 heavy (non-hydrogen) atoms. The van der Waals surface area contributed by atoms with E-state index in [1.165, 1.54) is 0 Å². The highest BCUT2D eigenvalue weighted by Gasteiger charge is 2.15. The first-order valence-corrected chi connectivity index (χ1v) is 7.06. The maximum Gasteiger partial charge on any atom is 0.303 e. The molecule has 2 N–H and O–H groups in total. The zero-order valence-corrected chi connectivity index (χ0v) is 11.8. The molecule has 1 amide bonds. The number of carboxylic acids is 1. The molecule has 6 heteroatoms. The third kappa shape index (κ3) is 4.66. The van der Waals surface area contributed by atoms with Crippen LogP contribution in [-0.2, 0) is 4.79 Å². The minimum Gasteiger partial charge on any atom is -0.481 e. The number of hydrogen-bond acceptors (Lipinski definition) is 4. The summed E-state index contributed by atoms with van der Waals surface area (Å²) in [6, 6.07) is 5.10. The highest BCUT2D eigenvalue weighted by molar-refractivity contribution is 5.94. The van der Waals surface area contributed by atoms with Crippen LogP contribution < -0.4 is 14.8 Å². The van der Waals surface area contributed by atoms with E-state index in [1.807, 2.05) is 0 Å². The molecule has 2 rings (SSSR count). The van der Waals surface area contributed by atoms with Crippen LogP contribution in [-0.4, -0.2) is 30.3 Å². The van der Waals surface area contributed by atoms with Crippen molar-refractivity contribution in [2.75, 3.05) is 13.3 Å². The zero-order chi connectivity index (χ0) is 15.1. The van der Waals surface area contributed by atoms with Crippen LogP contribution in [0.4, 0.5) is 0 Å². The summed E-state index contributed by atoms with van der Waals surface area (Å²) < 4.78 is 10.4. The van der Waals surface area contributed by atoms with Crippen LogP contribution in [0.2, 0.25) is 0 Å². The fraction of sp³-hybridized carbons (Fsp3) is 0.467. The van der Waals surface area contributed by atoms with E-state index < -0.39 is 5.97 Å². The Morgan fingerprint density at radius 3 is 2.67 bits per heavy atom. The molecule has 0 fully saturated rings. The van der Waals surface area contributed by atoms with Crippen molar-refractivity contribution in [2.24, 2.45) is 0 Å². The Balaban J connectivity index is 1.64. The average molecular weight is 293 g/mol. The van der Waals surface area contributed by atoms with E-state index in [4.69, 9.17) is 14.6 Å². The normalized spacial score (nSPS) is 12.2. The first kappa shape index (κ1) is 15.2. The molecule has 0 unspecified atom stereocenters. The maximum absolute atomic E-state index is 11.9. The Labute approximate surface area is 123 Å². The number of rotatable bonds is 8. The number of carbonyl (C=O) groups is 2. The van der Waals surface area contributed by atoms with Crippen molar-refractivity contribution in [2.45, 2.75) is 32.1 Å².